The summed E-state index contributed by atoms with van der Waals surface area (Å²) in [6.45, 7) is 4.85. The van der Waals surface area contributed by atoms with Crippen LogP contribution in [0.25, 0.3) is 0 Å². The second-order valence-electron chi connectivity index (χ2n) is 3.56. The zero-order chi connectivity index (χ0) is 11.1. The summed E-state index contributed by atoms with van der Waals surface area (Å²) in [7, 11) is 1.72. The van der Waals surface area contributed by atoms with Gasteiger partial charge in [-0.2, -0.15) is 0 Å². The summed E-state index contributed by atoms with van der Waals surface area (Å²) >= 11 is 0. The predicted molar refractivity (Wildman–Crippen MR) is 55.1 cm³/mol. The molecule has 0 aromatic rings. The van der Waals surface area contributed by atoms with Crippen LogP contribution in [-0.4, -0.2) is 35.4 Å². The normalized spacial score (nSPS) is 13.8. The zero-order valence-corrected chi connectivity index (χ0v) is 9.03. The van der Waals surface area contributed by atoms with E-state index in [2.05, 4.69) is 19.0 Å². The molecule has 0 saturated heterocycles. The minimum Gasteiger partial charge on any atom is -0.409 e. The van der Waals surface area contributed by atoms with E-state index in [0.717, 1.165) is 6.42 Å². The number of oxime groups is 1. The highest BCUT2D eigenvalue weighted by Gasteiger charge is 2.12. The van der Waals surface area contributed by atoms with Gasteiger partial charge in [0.05, 0.1) is 6.42 Å². The Kier molecular flexibility index (Phi) is 5.67. The zero-order valence-electron chi connectivity index (χ0n) is 9.03. The fourth-order valence-electron chi connectivity index (χ4n) is 1.02. The molecule has 0 rings (SSSR count). The molecular formula is C9H19N3O2. The fourth-order valence-corrected chi connectivity index (χ4v) is 1.02. The average Bonchev–Trinajstić information content (AvgIpc) is 2.17. The minimum atomic E-state index is -0.124. The van der Waals surface area contributed by atoms with E-state index in [1.807, 2.05) is 0 Å². The molecule has 0 spiro atoms. The van der Waals surface area contributed by atoms with Crippen LogP contribution < -0.4 is 5.73 Å². The van der Waals surface area contributed by atoms with Crippen LogP contribution in [0, 0.1) is 5.92 Å². The predicted octanol–water partition coefficient (Wildman–Crippen LogP) is 0.627. The van der Waals surface area contributed by atoms with Crippen LogP contribution in [0.2, 0.25) is 0 Å². The molecule has 0 aliphatic carbocycles. The number of carbonyl (C=O) groups excluding carboxylic acids is 1. The van der Waals surface area contributed by atoms with Crippen molar-refractivity contribution in [2.24, 2.45) is 16.8 Å². The first kappa shape index (κ1) is 12.7. The van der Waals surface area contributed by atoms with Gasteiger partial charge in [-0.15, -0.1) is 0 Å². The molecule has 0 saturated carbocycles. The van der Waals surface area contributed by atoms with E-state index >= 15 is 0 Å². The summed E-state index contributed by atoms with van der Waals surface area (Å²) in [6.07, 6.45) is 1.00. The lowest BCUT2D eigenvalue weighted by atomic mass is 10.1. The largest absolute Gasteiger partial charge is 0.409 e. The Labute approximate surface area is 84.6 Å². The maximum atomic E-state index is 11.4. The van der Waals surface area contributed by atoms with E-state index in [4.69, 9.17) is 10.9 Å². The van der Waals surface area contributed by atoms with Gasteiger partial charge in [0.1, 0.15) is 5.84 Å². The molecule has 0 aromatic carbocycles. The average molecular weight is 201 g/mol. The van der Waals surface area contributed by atoms with Crippen LogP contribution in [-0.2, 0) is 4.79 Å². The molecule has 5 nitrogen and oxygen atoms in total. The molecule has 1 amide bonds. The minimum absolute atomic E-state index is 0.0244. The Morgan fingerprint density at radius 3 is 2.64 bits per heavy atom. The molecule has 0 aromatic heterocycles. The van der Waals surface area contributed by atoms with Gasteiger partial charge in [-0.1, -0.05) is 25.4 Å². The Hall–Kier alpha value is -1.26. The number of carbonyl (C=O) groups is 1. The lowest BCUT2D eigenvalue weighted by Gasteiger charge is -2.20. The van der Waals surface area contributed by atoms with Crippen LogP contribution in [0.4, 0.5) is 0 Å². The van der Waals surface area contributed by atoms with E-state index in [0.29, 0.717) is 12.5 Å². The van der Waals surface area contributed by atoms with E-state index < -0.39 is 0 Å². The van der Waals surface area contributed by atoms with Crippen molar-refractivity contribution in [1.29, 1.82) is 0 Å². The number of rotatable bonds is 5. The molecule has 0 aliphatic rings. The third-order valence-corrected chi connectivity index (χ3v) is 2.17. The Morgan fingerprint density at radius 1 is 1.64 bits per heavy atom. The number of nitrogens with two attached hydrogens (primary N) is 1. The van der Waals surface area contributed by atoms with Gasteiger partial charge >= 0.3 is 0 Å². The van der Waals surface area contributed by atoms with Crippen LogP contribution in [0.5, 0.6) is 0 Å². The number of amidine groups is 1. The van der Waals surface area contributed by atoms with Gasteiger partial charge < -0.3 is 15.8 Å². The maximum absolute atomic E-state index is 11.4. The fraction of sp³-hybridized carbons (Fsp3) is 0.778. The summed E-state index contributed by atoms with van der Waals surface area (Å²) < 4.78 is 0. The molecule has 0 bridgehead atoms. The smallest absolute Gasteiger partial charge is 0.230 e. The molecule has 14 heavy (non-hydrogen) atoms. The second kappa shape index (κ2) is 6.23. The number of amides is 1. The quantitative estimate of drug-likeness (QED) is 0.296. The summed E-state index contributed by atoms with van der Waals surface area (Å²) in [5, 5.41) is 11.0. The molecule has 5 heteroatoms. The van der Waals surface area contributed by atoms with Crippen molar-refractivity contribution in [2.75, 3.05) is 13.6 Å². The summed E-state index contributed by atoms with van der Waals surface area (Å²) in [6, 6.07) is 0. The molecule has 0 fully saturated rings. The van der Waals surface area contributed by atoms with Crippen molar-refractivity contribution in [3.63, 3.8) is 0 Å². The molecule has 0 aliphatic heterocycles. The van der Waals surface area contributed by atoms with Gasteiger partial charge in [0.2, 0.25) is 5.91 Å². The first-order valence-corrected chi connectivity index (χ1v) is 4.71. The van der Waals surface area contributed by atoms with Crippen molar-refractivity contribution in [2.45, 2.75) is 26.7 Å². The molecule has 0 heterocycles. The summed E-state index contributed by atoms with van der Waals surface area (Å²) in [5.41, 5.74) is 5.23. The highest BCUT2D eigenvalue weighted by Crippen LogP contribution is 2.03. The summed E-state index contributed by atoms with van der Waals surface area (Å²) in [4.78, 5) is 13.0. The topological polar surface area (TPSA) is 78.9 Å². The van der Waals surface area contributed by atoms with E-state index in [9.17, 15) is 4.79 Å². The molecule has 1 unspecified atom stereocenters. The van der Waals surface area contributed by atoms with E-state index in [1.54, 1.807) is 11.9 Å². The first-order valence-electron chi connectivity index (χ1n) is 4.71. The van der Waals surface area contributed by atoms with Gasteiger partial charge in [-0.3, -0.25) is 4.79 Å². The van der Waals surface area contributed by atoms with E-state index in [-0.39, 0.29) is 18.2 Å². The second-order valence-corrected chi connectivity index (χ2v) is 3.56. The Bertz CT molecular complexity index is 216. The monoisotopic (exact) mass is 201 g/mol. The molecule has 1 atom stereocenters. The molecule has 3 N–H and O–H groups in total. The number of nitrogens with zero attached hydrogens (tertiary/aromatic N) is 2. The maximum Gasteiger partial charge on any atom is 0.230 e. The third kappa shape index (κ3) is 4.69. The molecule has 82 valence electrons. The van der Waals surface area contributed by atoms with Crippen molar-refractivity contribution in [3.8, 4) is 0 Å². The highest BCUT2D eigenvalue weighted by molar-refractivity contribution is 5.98. The lowest BCUT2D eigenvalue weighted by molar-refractivity contribution is -0.129. The first-order chi connectivity index (χ1) is 6.51. The standard InChI is InChI=1S/C9H19N3O2/c1-4-7(2)6-12(3)9(13)5-8(10)11-14/h7,14H,4-6H2,1-3H3,(H2,10,11). The van der Waals surface area contributed by atoms with Gasteiger partial charge in [-0.25, -0.2) is 0 Å². The van der Waals surface area contributed by atoms with Gasteiger partial charge in [0.15, 0.2) is 0 Å². The lowest BCUT2D eigenvalue weighted by Crippen LogP contribution is -2.33. The Morgan fingerprint density at radius 2 is 2.21 bits per heavy atom. The SMILES string of the molecule is CCC(C)CN(C)C(=O)C/C(N)=N/O. The van der Waals surface area contributed by atoms with Crippen LogP contribution in [0.1, 0.15) is 26.7 Å². The van der Waals surface area contributed by atoms with Crippen molar-refractivity contribution in [3.05, 3.63) is 0 Å². The number of hydrogen-bond acceptors (Lipinski definition) is 3. The van der Waals surface area contributed by atoms with Crippen molar-refractivity contribution < 1.29 is 10.0 Å². The highest BCUT2D eigenvalue weighted by atomic mass is 16.4. The van der Waals surface area contributed by atoms with Crippen LogP contribution in [0.15, 0.2) is 5.16 Å². The van der Waals surface area contributed by atoms with Gasteiger partial charge in [-0.05, 0) is 5.92 Å². The molecule has 0 radical (unpaired) electrons. The summed E-state index contributed by atoms with van der Waals surface area (Å²) in [5.74, 6) is 0.294. The van der Waals surface area contributed by atoms with Crippen molar-refractivity contribution >= 4 is 11.7 Å². The molecular weight excluding hydrogens is 182 g/mol. The van der Waals surface area contributed by atoms with Crippen LogP contribution in [0.3, 0.4) is 0 Å². The number of hydrogen-bond donors (Lipinski definition) is 2. The Balaban J connectivity index is 4.00. The van der Waals surface area contributed by atoms with E-state index in [1.165, 1.54) is 0 Å². The van der Waals surface area contributed by atoms with Crippen LogP contribution >= 0.6 is 0 Å². The van der Waals surface area contributed by atoms with Gasteiger partial charge in [0.25, 0.3) is 0 Å². The van der Waals surface area contributed by atoms with Gasteiger partial charge in [0, 0.05) is 13.6 Å². The third-order valence-electron chi connectivity index (χ3n) is 2.17. The van der Waals surface area contributed by atoms with Crippen molar-refractivity contribution in [1.82, 2.24) is 4.90 Å².